The van der Waals surface area contributed by atoms with Crippen molar-refractivity contribution in [2.24, 2.45) is 5.92 Å². The molecular formula is C11H23N3O. The lowest BCUT2D eigenvalue weighted by Gasteiger charge is -2.33. The molecule has 0 aromatic heterocycles. The second kappa shape index (κ2) is 5.95. The molecule has 0 spiro atoms. The van der Waals surface area contributed by atoms with Gasteiger partial charge >= 0.3 is 6.03 Å². The topological polar surface area (TPSA) is 35.6 Å². The molecule has 0 atom stereocenters. The van der Waals surface area contributed by atoms with E-state index < -0.39 is 0 Å². The van der Waals surface area contributed by atoms with Gasteiger partial charge in [-0.2, -0.15) is 0 Å². The standard InChI is InChI=1S/C11H23N3O/c1-10-4-7-14(8-5-10)11(15)13(3)9-6-12-2/h10,12H,4-9H2,1-3H3. The van der Waals surface area contributed by atoms with Gasteiger partial charge < -0.3 is 15.1 Å². The molecule has 1 fully saturated rings. The van der Waals surface area contributed by atoms with Gasteiger partial charge in [0.2, 0.25) is 0 Å². The number of carbonyl (C=O) groups is 1. The molecule has 0 aromatic rings. The average molecular weight is 213 g/mol. The highest BCUT2D eigenvalue weighted by atomic mass is 16.2. The molecule has 2 amide bonds. The fraction of sp³-hybridized carbons (Fsp3) is 0.909. The Balaban J connectivity index is 2.32. The van der Waals surface area contributed by atoms with Crippen LogP contribution in [0.3, 0.4) is 0 Å². The van der Waals surface area contributed by atoms with Crippen LogP contribution in [0.25, 0.3) is 0 Å². The predicted octanol–water partition coefficient (Wildman–Crippen LogP) is 0.989. The molecule has 15 heavy (non-hydrogen) atoms. The van der Waals surface area contributed by atoms with Crippen molar-refractivity contribution in [3.63, 3.8) is 0 Å². The number of piperidine rings is 1. The Morgan fingerprint density at radius 3 is 2.60 bits per heavy atom. The van der Waals surface area contributed by atoms with Crippen LogP contribution in [-0.2, 0) is 0 Å². The molecule has 4 nitrogen and oxygen atoms in total. The third-order valence-corrected chi connectivity index (χ3v) is 3.08. The van der Waals surface area contributed by atoms with Crippen molar-refractivity contribution in [2.45, 2.75) is 19.8 Å². The number of hydrogen-bond donors (Lipinski definition) is 1. The van der Waals surface area contributed by atoms with Crippen LogP contribution >= 0.6 is 0 Å². The zero-order valence-electron chi connectivity index (χ0n) is 10.1. The van der Waals surface area contributed by atoms with E-state index >= 15 is 0 Å². The number of amides is 2. The van der Waals surface area contributed by atoms with Gasteiger partial charge in [-0.3, -0.25) is 0 Å². The van der Waals surface area contributed by atoms with E-state index in [1.165, 1.54) is 0 Å². The van der Waals surface area contributed by atoms with Crippen molar-refractivity contribution in [3.8, 4) is 0 Å². The molecule has 0 unspecified atom stereocenters. The van der Waals surface area contributed by atoms with Gasteiger partial charge in [-0.25, -0.2) is 4.79 Å². The second-order valence-corrected chi connectivity index (χ2v) is 4.48. The minimum Gasteiger partial charge on any atom is -0.326 e. The van der Waals surface area contributed by atoms with Crippen LogP contribution in [0, 0.1) is 5.92 Å². The Morgan fingerprint density at radius 2 is 2.07 bits per heavy atom. The summed E-state index contributed by atoms with van der Waals surface area (Å²) in [5.41, 5.74) is 0. The average Bonchev–Trinajstić information content (AvgIpc) is 2.26. The maximum absolute atomic E-state index is 11.9. The minimum absolute atomic E-state index is 0.178. The first-order valence-corrected chi connectivity index (χ1v) is 5.79. The van der Waals surface area contributed by atoms with Gasteiger partial charge in [0.15, 0.2) is 0 Å². The first kappa shape index (κ1) is 12.3. The summed E-state index contributed by atoms with van der Waals surface area (Å²) in [6.45, 7) is 5.73. The minimum atomic E-state index is 0.178. The second-order valence-electron chi connectivity index (χ2n) is 4.48. The van der Waals surface area contributed by atoms with E-state index in [9.17, 15) is 4.79 Å². The van der Waals surface area contributed by atoms with Gasteiger partial charge in [0, 0.05) is 33.2 Å². The normalized spacial score (nSPS) is 17.9. The Bertz CT molecular complexity index is 200. The molecule has 1 aliphatic rings. The highest BCUT2D eigenvalue weighted by Crippen LogP contribution is 2.16. The number of nitrogens with zero attached hydrogens (tertiary/aromatic N) is 2. The maximum Gasteiger partial charge on any atom is 0.319 e. The first-order valence-electron chi connectivity index (χ1n) is 5.79. The van der Waals surface area contributed by atoms with Crippen molar-refractivity contribution >= 4 is 6.03 Å². The molecule has 1 heterocycles. The summed E-state index contributed by atoms with van der Waals surface area (Å²) < 4.78 is 0. The molecule has 0 aromatic carbocycles. The van der Waals surface area contributed by atoms with Gasteiger partial charge in [0.1, 0.15) is 0 Å². The summed E-state index contributed by atoms with van der Waals surface area (Å²) in [6.07, 6.45) is 2.29. The Labute approximate surface area is 92.6 Å². The van der Waals surface area contributed by atoms with Crippen molar-refractivity contribution in [3.05, 3.63) is 0 Å². The van der Waals surface area contributed by atoms with Crippen LogP contribution in [-0.4, -0.2) is 56.1 Å². The van der Waals surface area contributed by atoms with Crippen LogP contribution in [0.4, 0.5) is 4.79 Å². The quantitative estimate of drug-likeness (QED) is 0.759. The summed E-state index contributed by atoms with van der Waals surface area (Å²) >= 11 is 0. The van der Waals surface area contributed by atoms with E-state index in [0.717, 1.165) is 44.9 Å². The third kappa shape index (κ3) is 3.70. The number of likely N-dealkylation sites (N-methyl/N-ethyl adjacent to an activating group) is 2. The van der Waals surface area contributed by atoms with E-state index in [1.54, 1.807) is 4.90 Å². The van der Waals surface area contributed by atoms with Crippen LogP contribution in [0.15, 0.2) is 0 Å². The van der Waals surface area contributed by atoms with Crippen molar-refractivity contribution in [1.82, 2.24) is 15.1 Å². The summed E-state index contributed by atoms with van der Waals surface area (Å²) in [5, 5.41) is 3.05. The fourth-order valence-electron chi connectivity index (χ4n) is 1.82. The lowest BCUT2D eigenvalue weighted by Crippen LogP contribution is -2.46. The Morgan fingerprint density at radius 1 is 1.47 bits per heavy atom. The molecule has 1 N–H and O–H groups in total. The molecule has 4 heteroatoms. The first-order chi connectivity index (χ1) is 7.15. The smallest absolute Gasteiger partial charge is 0.319 e. The third-order valence-electron chi connectivity index (χ3n) is 3.08. The number of carbonyl (C=O) groups excluding carboxylic acids is 1. The monoisotopic (exact) mass is 213 g/mol. The molecule has 0 saturated carbocycles. The van der Waals surface area contributed by atoms with E-state index in [-0.39, 0.29) is 6.03 Å². The molecule has 1 saturated heterocycles. The molecule has 1 aliphatic heterocycles. The van der Waals surface area contributed by atoms with Gasteiger partial charge in [-0.05, 0) is 25.8 Å². The molecule has 0 bridgehead atoms. The van der Waals surface area contributed by atoms with Crippen LogP contribution in [0.2, 0.25) is 0 Å². The number of likely N-dealkylation sites (tertiary alicyclic amines) is 1. The van der Waals surface area contributed by atoms with Crippen LogP contribution in [0.5, 0.6) is 0 Å². The van der Waals surface area contributed by atoms with Gasteiger partial charge in [-0.1, -0.05) is 6.92 Å². The highest BCUT2D eigenvalue weighted by Gasteiger charge is 2.22. The molecular weight excluding hydrogens is 190 g/mol. The van der Waals surface area contributed by atoms with Crippen LogP contribution in [0.1, 0.15) is 19.8 Å². The summed E-state index contributed by atoms with van der Waals surface area (Å²) in [5.74, 6) is 0.775. The maximum atomic E-state index is 11.9. The SMILES string of the molecule is CNCCN(C)C(=O)N1CCC(C)CC1. The van der Waals surface area contributed by atoms with Crippen molar-refractivity contribution in [1.29, 1.82) is 0 Å². The molecule has 0 radical (unpaired) electrons. The zero-order valence-corrected chi connectivity index (χ0v) is 10.1. The number of urea groups is 1. The van der Waals surface area contributed by atoms with Gasteiger partial charge in [0.05, 0.1) is 0 Å². The predicted molar refractivity (Wildman–Crippen MR) is 61.9 cm³/mol. The van der Waals surface area contributed by atoms with E-state index in [2.05, 4.69) is 12.2 Å². The lowest BCUT2D eigenvalue weighted by molar-refractivity contribution is 0.143. The zero-order chi connectivity index (χ0) is 11.3. The number of hydrogen-bond acceptors (Lipinski definition) is 2. The van der Waals surface area contributed by atoms with Crippen molar-refractivity contribution < 1.29 is 4.79 Å². The molecule has 0 aliphatic carbocycles. The van der Waals surface area contributed by atoms with Gasteiger partial charge in [-0.15, -0.1) is 0 Å². The lowest BCUT2D eigenvalue weighted by atomic mass is 10.00. The summed E-state index contributed by atoms with van der Waals surface area (Å²) in [6, 6.07) is 0.178. The van der Waals surface area contributed by atoms with Crippen LogP contribution < -0.4 is 5.32 Å². The van der Waals surface area contributed by atoms with Gasteiger partial charge in [0.25, 0.3) is 0 Å². The number of nitrogens with one attached hydrogen (secondary N) is 1. The van der Waals surface area contributed by atoms with E-state index in [1.807, 2.05) is 19.0 Å². The molecule has 1 rings (SSSR count). The summed E-state index contributed by atoms with van der Waals surface area (Å²) in [7, 11) is 3.78. The largest absolute Gasteiger partial charge is 0.326 e. The fourth-order valence-corrected chi connectivity index (χ4v) is 1.82. The summed E-state index contributed by atoms with van der Waals surface area (Å²) in [4.78, 5) is 15.7. The number of rotatable bonds is 3. The Kier molecular flexibility index (Phi) is 4.88. The van der Waals surface area contributed by atoms with Crippen molar-refractivity contribution in [2.75, 3.05) is 40.3 Å². The molecule has 88 valence electrons. The van der Waals surface area contributed by atoms with E-state index in [4.69, 9.17) is 0 Å². The van der Waals surface area contributed by atoms with E-state index in [0.29, 0.717) is 0 Å². The highest BCUT2D eigenvalue weighted by molar-refractivity contribution is 5.74. The Hall–Kier alpha value is -0.770.